The van der Waals surface area contributed by atoms with Crippen LogP contribution in [0.25, 0.3) is 0 Å². The molecule has 1 aromatic rings. The summed E-state index contributed by atoms with van der Waals surface area (Å²) in [4.78, 5) is 11.9. The van der Waals surface area contributed by atoms with E-state index in [1.807, 2.05) is 13.0 Å². The lowest BCUT2D eigenvalue weighted by Gasteiger charge is -2.14. The number of carbonyl (C=O) groups excluding carboxylic acids is 1. The molecule has 0 N–H and O–H groups in total. The highest BCUT2D eigenvalue weighted by Gasteiger charge is 2.32. The molecular formula is C12H17O3P. The molecule has 1 aromatic carbocycles. The van der Waals surface area contributed by atoms with Crippen LogP contribution in [0.3, 0.4) is 0 Å². The van der Waals surface area contributed by atoms with E-state index in [0.29, 0.717) is 11.7 Å². The first-order valence-corrected chi connectivity index (χ1v) is 7.02. The zero-order valence-electron chi connectivity index (χ0n) is 9.68. The van der Waals surface area contributed by atoms with E-state index < -0.39 is 7.37 Å². The van der Waals surface area contributed by atoms with Crippen molar-refractivity contribution in [3.05, 3.63) is 30.3 Å². The van der Waals surface area contributed by atoms with Crippen molar-refractivity contribution < 1.29 is 13.9 Å². The lowest BCUT2D eigenvalue weighted by Crippen LogP contribution is -2.13. The molecule has 1 atom stereocenters. The summed E-state index contributed by atoms with van der Waals surface area (Å²) in [5.74, 6) is 0. The van der Waals surface area contributed by atoms with Crippen LogP contribution < -0.4 is 5.30 Å². The Morgan fingerprint density at radius 3 is 2.44 bits per heavy atom. The van der Waals surface area contributed by atoms with Gasteiger partial charge in [-0.1, -0.05) is 31.5 Å². The maximum atomic E-state index is 12.4. The van der Waals surface area contributed by atoms with Gasteiger partial charge in [-0.05, 0) is 18.6 Å². The standard InChI is InChI=1S/C12H17O3P/c1-3-4-10-12(13)16(14,15-2)11-8-6-5-7-9-11/h5-9H,3-4,10H2,1-2H3. The summed E-state index contributed by atoms with van der Waals surface area (Å²) in [5.41, 5.74) is -0.289. The molecule has 0 aliphatic heterocycles. The van der Waals surface area contributed by atoms with Gasteiger partial charge in [0.15, 0.2) is 0 Å². The van der Waals surface area contributed by atoms with Crippen LogP contribution in [0, 0.1) is 0 Å². The average Bonchev–Trinajstić information content (AvgIpc) is 2.35. The van der Waals surface area contributed by atoms with Gasteiger partial charge >= 0.3 is 0 Å². The first kappa shape index (κ1) is 13.1. The van der Waals surface area contributed by atoms with Crippen molar-refractivity contribution in [2.24, 2.45) is 0 Å². The van der Waals surface area contributed by atoms with Crippen molar-refractivity contribution in [3.8, 4) is 0 Å². The van der Waals surface area contributed by atoms with Gasteiger partial charge in [-0.2, -0.15) is 0 Å². The number of unbranched alkanes of at least 4 members (excludes halogenated alkanes) is 1. The highest BCUT2D eigenvalue weighted by atomic mass is 31.2. The molecule has 0 spiro atoms. The van der Waals surface area contributed by atoms with E-state index in [0.717, 1.165) is 12.8 Å². The third-order valence-corrected chi connectivity index (χ3v) is 4.80. The number of hydrogen-bond acceptors (Lipinski definition) is 3. The molecule has 0 fully saturated rings. The lowest BCUT2D eigenvalue weighted by molar-refractivity contribution is -0.112. The number of rotatable bonds is 6. The molecule has 0 heterocycles. The highest BCUT2D eigenvalue weighted by Crippen LogP contribution is 2.46. The molecule has 1 rings (SSSR count). The second-order valence-electron chi connectivity index (χ2n) is 3.57. The Morgan fingerprint density at radius 2 is 1.94 bits per heavy atom. The molecule has 0 bridgehead atoms. The summed E-state index contributed by atoms with van der Waals surface area (Å²) in [6.45, 7) is 1.99. The van der Waals surface area contributed by atoms with E-state index in [9.17, 15) is 9.36 Å². The predicted octanol–water partition coefficient (Wildman–Crippen LogP) is 2.95. The number of carbonyl (C=O) groups is 1. The third-order valence-electron chi connectivity index (χ3n) is 2.43. The second-order valence-corrected chi connectivity index (χ2v) is 6.05. The van der Waals surface area contributed by atoms with Crippen molar-refractivity contribution in [3.63, 3.8) is 0 Å². The maximum Gasteiger partial charge on any atom is 0.295 e. The molecule has 0 radical (unpaired) electrons. The summed E-state index contributed by atoms with van der Waals surface area (Å²) in [7, 11) is -1.98. The minimum absolute atomic E-state index is 0.289. The summed E-state index contributed by atoms with van der Waals surface area (Å²) in [6.07, 6.45) is 1.97. The van der Waals surface area contributed by atoms with Gasteiger partial charge in [0.1, 0.15) is 0 Å². The number of hydrogen-bond donors (Lipinski definition) is 0. The third kappa shape index (κ3) is 2.81. The van der Waals surface area contributed by atoms with Crippen LogP contribution in [0.5, 0.6) is 0 Å². The second kappa shape index (κ2) is 5.97. The van der Waals surface area contributed by atoms with Gasteiger partial charge in [0.25, 0.3) is 7.37 Å². The maximum absolute atomic E-state index is 12.4. The zero-order chi connectivity index (χ0) is 12.0. The highest BCUT2D eigenvalue weighted by molar-refractivity contribution is 7.82. The van der Waals surface area contributed by atoms with Gasteiger partial charge < -0.3 is 4.52 Å². The minimum atomic E-state index is -3.31. The van der Waals surface area contributed by atoms with E-state index in [-0.39, 0.29) is 5.52 Å². The molecule has 0 aromatic heterocycles. The molecule has 16 heavy (non-hydrogen) atoms. The summed E-state index contributed by atoms with van der Waals surface area (Å²) in [5, 5.41) is 0.485. The molecule has 0 saturated carbocycles. The molecule has 88 valence electrons. The van der Waals surface area contributed by atoms with Crippen LogP contribution in [-0.2, 0) is 13.9 Å². The summed E-state index contributed by atoms with van der Waals surface area (Å²) >= 11 is 0. The topological polar surface area (TPSA) is 43.4 Å². The van der Waals surface area contributed by atoms with Gasteiger partial charge in [-0.3, -0.25) is 9.36 Å². The van der Waals surface area contributed by atoms with Crippen LogP contribution in [-0.4, -0.2) is 12.6 Å². The van der Waals surface area contributed by atoms with E-state index in [1.54, 1.807) is 24.3 Å². The monoisotopic (exact) mass is 240 g/mol. The van der Waals surface area contributed by atoms with Crippen molar-refractivity contribution in [2.75, 3.05) is 7.11 Å². The van der Waals surface area contributed by atoms with Crippen LogP contribution in [0.15, 0.2) is 30.3 Å². The normalized spacial score (nSPS) is 14.4. The molecule has 3 nitrogen and oxygen atoms in total. The van der Waals surface area contributed by atoms with Gasteiger partial charge in [0, 0.05) is 18.8 Å². The Balaban J connectivity index is 2.94. The molecule has 1 unspecified atom stereocenters. The van der Waals surface area contributed by atoms with Gasteiger partial charge in [0.05, 0.1) is 0 Å². The fourth-order valence-corrected chi connectivity index (χ4v) is 3.17. The van der Waals surface area contributed by atoms with Crippen molar-refractivity contribution >= 4 is 18.2 Å². The van der Waals surface area contributed by atoms with Gasteiger partial charge in [-0.15, -0.1) is 0 Å². The Kier molecular flexibility index (Phi) is 4.91. The fraction of sp³-hybridized carbons (Fsp3) is 0.417. The molecule has 4 heteroatoms. The van der Waals surface area contributed by atoms with E-state index in [4.69, 9.17) is 4.52 Å². The molecule has 0 aliphatic rings. The van der Waals surface area contributed by atoms with Crippen molar-refractivity contribution in [2.45, 2.75) is 26.2 Å². The Bertz CT molecular complexity index is 387. The molecule has 0 aliphatic carbocycles. The van der Waals surface area contributed by atoms with E-state index >= 15 is 0 Å². The Morgan fingerprint density at radius 1 is 1.31 bits per heavy atom. The minimum Gasteiger partial charge on any atom is -0.323 e. The largest absolute Gasteiger partial charge is 0.323 e. The lowest BCUT2D eigenvalue weighted by atomic mass is 10.3. The van der Waals surface area contributed by atoms with Crippen LogP contribution in [0.4, 0.5) is 0 Å². The first-order chi connectivity index (χ1) is 7.65. The summed E-state index contributed by atoms with van der Waals surface area (Å²) in [6, 6.07) is 8.68. The Labute approximate surface area is 96.3 Å². The van der Waals surface area contributed by atoms with Crippen LogP contribution in [0.1, 0.15) is 26.2 Å². The number of benzene rings is 1. The molecule has 0 amide bonds. The van der Waals surface area contributed by atoms with Gasteiger partial charge in [0.2, 0.25) is 5.52 Å². The van der Waals surface area contributed by atoms with Crippen molar-refractivity contribution in [1.29, 1.82) is 0 Å². The van der Waals surface area contributed by atoms with E-state index in [2.05, 4.69) is 0 Å². The SMILES string of the molecule is CCCCC(=O)P(=O)(OC)c1ccccc1. The Hall–Kier alpha value is -0.920. The fourth-order valence-electron chi connectivity index (χ4n) is 1.45. The van der Waals surface area contributed by atoms with Crippen LogP contribution in [0.2, 0.25) is 0 Å². The quantitative estimate of drug-likeness (QED) is 0.718. The van der Waals surface area contributed by atoms with Crippen molar-refractivity contribution in [1.82, 2.24) is 0 Å². The van der Waals surface area contributed by atoms with Crippen LogP contribution >= 0.6 is 7.37 Å². The predicted molar refractivity (Wildman–Crippen MR) is 65.2 cm³/mol. The van der Waals surface area contributed by atoms with E-state index in [1.165, 1.54) is 7.11 Å². The smallest absolute Gasteiger partial charge is 0.295 e. The average molecular weight is 240 g/mol. The molecular weight excluding hydrogens is 223 g/mol. The zero-order valence-corrected chi connectivity index (χ0v) is 10.6. The first-order valence-electron chi connectivity index (χ1n) is 5.40. The van der Waals surface area contributed by atoms with Gasteiger partial charge in [-0.25, -0.2) is 0 Å². The molecule has 0 saturated heterocycles. The summed E-state index contributed by atoms with van der Waals surface area (Å²) < 4.78 is 17.4.